The molecule has 2 amide bonds. The Balaban J connectivity index is 2.11. The summed E-state index contributed by atoms with van der Waals surface area (Å²) < 4.78 is 25.2. The summed E-state index contributed by atoms with van der Waals surface area (Å²) in [6, 6.07) is 9.43. The van der Waals surface area contributed by atoms with Gasteiger partial charge in [-0.2, -0.15) is 4.31 Å². The van der Waals surface area contributed by atoms with Gasteiger partial charge in [0.25, 0.3) is 5.91 Å². The van der Waals surface area contributed by atoms with Crippen molar-refractivity contribution in [1.82, 2.24) is 4.31 Å². The van der Waals surface area contributed by atoms with Crippen LogP contribution in [0.1, 0.15) is 26.4 Å². The minimum Gasteiger partial charge on any atom is -0.365 e. The molecule has 0 radical (unpaired) electrons. The number of rotatable bonds is 8. The zero-order chi connectivity index (χ0) is 20.2. The number of amides is 2. The molecule has 0 unspecified atom stereocenters. The first-order chi connectivity index (χ1) is 12.6. The van der Waals surface area contributed by atoms with E-state index in [-0.39, 0.29) is 18.7 Å². The van der Waals surface area contributed by atoms with E-state index in [4.69, 9.17) is 5.73 Å². The number of aryl methyl sites for hydroxylation is 1. The third-order valence-electron chi connectivity index (χ3n) is 4.17. The van der Waals surface area contributed by atoms with Gasteiger partial charge in [-0.05, 0) is 31.4 Å². The number of thiophene rings is 1. The minimum absolute atomic E-state index is 0.182. The van der Waals surface area contributed by atoms with Crippen molar-refractivity contribution in [3.05, 3.63) is 51.9 Å². The number of nitrogens with zero attached hydrogens (tertiary/aromatic N) is 1. The van der Waals surface area contributed by atoms with E-state index in [1.165, 1.54) is 11.3 Å². The van der Waals surface area contributed by atoms with Gasteiger partial charge in [-0.1, -0.05) is 30.3 Å². The second-order valence-corrected chi connectivity index (χ2v) is 9.44. The highest BCUT2D eigenvalue weighted by atomic mass is 32.2. The fourth-order valence-electron chi connectivity index (χ4n) is 2.60. The summed E-state index contributed by atoms with van der Waals surface area (Å²) in [4.78, 5) is 24.9. The molecule has 2 rings (SSSR count). The van der Waals surface area contributed by atoms with Crippen molar-refractivity contribution in [3.63, 3.8) is 0 Å². The Morgan fingerprint density at radius 2 is 1.81 bits per heavy atom. The average molecular weight is 410 g/mol. The molecule has 1 aromatic heterocycles. The first-order valence-corrected chi connectivity index (χ1v) is 10.9. The molecule has 0 aliphatic rings. The molecule has 0 aliphatic carbocycles. The number of carbonyl (C=O) groups is 2. The van der Waals surface area contributed by atoms with E-state index in [0.717, 1.165) is 21.0 Å². The molecule has 1 heterocycles. The van der Waals surface area contributed by atoms with Crippen LogP contribution in [0.3, 0.4) is 0 Å². The van der Waals surface area contributed by atoms with Gasteiger partial charge >= 0.3 is 0 Å². The second-order valence-electron chi connectivity index (χ2n) is 6.23. The molecule has 0 bridgehead atoms. The largest absolute Gasteiger partial charge is 0.365 e. The summed E-state index contributed by atoms with van der Waals surface area (Å²) in [5.74, 6) is -1.14. The summed E-state index contributed by atoms with van der Waals surface area (Å²) in [5, 5.41) is 2.97. The van der Waals surface area contributed by atoms with Crippen LogP contribution in [0, 0.1) is 13.8 Å². The van der Waals surface area contributed by atoms with Gasteiger partial charge in [0.05, 0.1) is 18.4 Å². The predicted octanol–water partition coefficient (Wildman–Crippen LogP) is 1.91. The molecule has 0 saturated carbocycles. The van der Waals surface area contributed by atoms with E-state index in [0.29, 0.717) is 17.0 Å². The zero-order valence-corrected chi connectivity index (χ0v) is 17.1. The van der Waals surface area contributed by atoms with Crippen LogP contribution in [0.2, 0.25) is 0 Å². The van der Waals surface area contributed by atoms with Crippen LogP contribution in [0.15, 0.2) is 30.3 Å². The SMILES string of the molecule is Cc1sc(NC(=O)CN(CCc2ccccc2)S(C)(=O)=O)c(C(N)=O)c1C. The highest BCUT2D eigenvalue weighted by Crippen LogP contribution is 2.32. The molecular weight excluding hydrogens is 386 g/mol. The Morgan fingerprint density at radius 3 is 2.37 bits per heavy atom. The van der Waals surface area contributed by atoms with E-state index in [1.807, 2.05) is 37.3 Å². The van der Waals surface area contributed by atoms with E-state index >= 15 is 0 Å². The molecule has 1 aromatic carbocycles. The maximum atomic E-state index is 12.4. The number of sulfonamides is 1. The molecule has 2 aromatic rings. The Bertz CT molecular complexity index is 937. The second kappa shape index (κ2) is 8.64. The lowest BCUT2D eigenvalue weighted by Gasteiger charge is -2.19. The van der Waals surface area contributed by atoms with Gasteiger partial charge < -0.3 is 11.1 Å². The molecule has 0 atom stereocenters. The molecule has 0 saturated heterocycles. The van der Waals surface area contributed by atoms with Gasteiger partial charge in [0.2, 0.25) is 15.9 Å². The first-order valence-electron chi connectivity index (χ1n) is 8.28. The Hall–Kier alpha value is -2.23. The quantitative estimate of drug-likeness (QED) is 0.694. The van der Waals surface area contributed by atoms with Crippen molar-refractivity contribution in [1.29, 1.82) is 0 Å². The van der Waals surface area contributed by atoms with Gasteiger partial charge in [-0.3, -0.25) is 9.59 Å². The summed E-state index contributed by atoms with van der Waals surface area (Å²) in [6.07, 6.45) is 1.56. The number of benzene rings is 1. The van der Waals surface area contributed by atoms with Gasteiger partial charge in [0.15, 0.2) is 0 Å². The third kappa shape index (κ3) is 5.62. The number of primary amides is 1. The summed E-state index contributed by atoms with van der Waals surface area (Å²) >= 11 is 1.24. The van der Waals surface area contributed by atoms with Gasteiger partial charge in [-0.25, -0.2) is 8.42 Å². The van der Waals surface area contributed by atoms with Crippen molar-refractivity contribution in [3.8, 4) is 0 Å². The summed E-state index contributed by atoms with van der Waals surface area (Å²) in [5.41, 5.74) is 7.36. The van der Waals surface area contributed by atoms with Crippen molar-refractivity contribution in [2.45, 2.75) is 20.3 Å². The van der Waals surface area contributed by atoms with Crippen LogP contribution in [0.5, 0.6) is 0 Å². The molecular formula is C18H23N3O4S2. The minimum atomic E-state index is -3.57. The number of anilines is 1. The first kappa shape index (κ1) is 21.1. The lowest BCUT2D eigenvalue weighted by molar-refractivity contribution is -0.116. The number of nitrogens with one attached hydrogen (secondary N) is 1. The topological polar surface area (TPSA) is 110 Å². The fourth-order valence-corrected chi connectivity index (χ4v) is 4.46. The van der Waals surface area contributed by atoms with Crippen molar-refractivity contribution < 1.29 is 18.0 Å². The highest BCUT2D eigenvalue weighted by Gasteiger charge is 2.23. The lowest BCUT2D eigenvalue weighted by Crippen LogP contribution is -2.38. The Kier molecular flexibility index (Phi) is 6.74. The summed E-state index contributed by atoms with van der Waals surface area (Å²) in [7, 11) is -3.57. The van der Waals surface area contributed by atoms with Crippen LogP contribution < -0.4 is 11.1 Å². The average Bonchev–Trinajstić information content (AvgIpc) is 2.85. The molecule has 0 aliphatic heterocycles. The van der Waals surface area contributed by atoms with Crippen molar-refractivity contribution >= 4 is 38.2 Å². The number of nitrogens with two attached hydrogens (primary N) is 1. The molecule has 0 fully saturated rings. The molecule has 9 heteroatoms. The van der Waals surface area contributed by atoms with Gasteiger partial charge in [0, 0.05) is 11.4 Å². The van der Waals surface area contributed by atoms with Crippen LogP contribution in [0.4, 0.5) is 5.00 Å². The highest BCUT2D eigenvalue weighted by molar-refractivity contribution is 7.88. The number of carbonyl (C=O) groups excluding carboxylic acids is 2. The Morgan fingerprint density at radius 1 is 1.19 bits per heavy atom. The predicted molar refractivity (Wildman–Crippen MR) is 108 cm³/mol. The smallest absolute Gasteiger partial charge is 0.251 e. The van der Waals surface area contributed by atoms with E-state index in [9.17, 15) is 18.0 Å². The molecule has 0 spiro atoms. The number of hydrogen-bond donors (Lipinski definition) is 2. The third-order valence-corrected chi connectivity index (χ3v) is 6.54. The molecule has 27 heavy (non-hydrogen) atoms. The zero-order valence-electron chi connectivity index (χ0n) is 15.5. The lowest BCUT2D eigenvalue weighted by atomic mass is 10.1. The van der Waals surface area contributed by atoms with E-state index in [2.05, 4.69) is 5.32 Å². The standard InChI is InChI=1S/C18H23N3O4S2/c1-12-13(2)26-18(16(12)17(19)23)20-15(22)11-21(27(3,24)25)10-9-14-7-5-4-6-8-14/h4-8H,9-11H2,1-3H3,(H2,19,23)(H,20,22). The molecule has 7 nitrogen and oxygen atoms in total. The van der Waals surface area contributed by atoms with Crippen LogP contribution >= 0.6 is 11.3 Å². The van der Waals surface area contributed by atoms with Crippen LogP contribution in [-0.4, -0.2) is 43.9 Å². The molecule has 146 valence electrons. The summed E-state index contributed by atoms with van der Waals surface area (Å²) in [6.45, 7) is 3.43. The van der Waals surface area contributed by atoms with Crippen molar-refractivity contribution in [2.24, 2.45) is 5.73 Å². The Labute approximate surface area is 163 Å². The van der Waals surface area contributed by atoms with Crippen molar-refractivity contribution in [2.75, 3.05) is 24.7 Å². The van der Waals surface area contributed by atoms with Gasteiger partial charge in [-0.15, -0.1) is 11.3 Å². The fraction of sp³-hybridized carbons (Fsp3) is 0.333. The maximum absolute atomic E-state index is 12.4. The molecule has 3 N–H and O–H groups in total. The normalized spacial score (nSPS) is 11.6. The van der Waals surface area contributed by atoms with E-state index in [1.54, 1.807) is 6.92 Å². The van der Waals surface area contributed by atoms with Gasteiger partial charge in [0.1, 0.15) is 5.00 Å². The van der Waals surface area contributed by atoms with Crippen LogP contribution in [0.25, 0.3) is 0 Å². The van der Waals surface area contributed by atoms with Crippen LogP contribution in [-0.2, 0) is 21.2 Å². The maximum Gasteiger partial charge on any atom is 0.251 e. The van der Waals surface area contributed by atoms with E-state index < -0.39 is 21.8 Å². The number of hydrogen-bond acceptors (Lipinski definition) is 5. The monoisotopic (exact) mass is 409 g/mol.